The third-order valence-corrected chi connectivity index (χ3v) is 3.86. The van der Waals surface area contributed by atoms with Crippen LogP contribution in [0.4, 0.5) is 0 Å². The standard InChI is InChI=1S/C13H20O2/c14-13(15)12(11-7-3-4-8-11)9-10-5-1-2-6-10/h9-11H,1-8H2,(H,14,15)/b12-9-. The van der Waals surface area contributed by atoms with Crippen molar-refractivity contribution in [2.75, 3.05) is 0 Å². The zero-order valence-corrected chi connectivity index (χ0v) is 9.24. The maximum absolute atomic E-state index is 11.2. The Bertz CT molecular complexity index is 256. The summed E-state index contributed by atoms with van der Waals surface area (Å²) in [5.41, 5.74) is 0.722. The van der Waals surface area contributed by atoms with E-state index in [4.69, 9.17) is 0 Å². The van der Waals surface area contributed by atoms with Gasteiger partial charge in [0, 0.05) is 5.57 Å². The molecule has 1 N–H and O–H groups in total. The van der Waals surface area contributed by atoms with Gasteiger partial charge in [-0.05, 0) is 37.5 Å². The zero-order chi connectivity index (χ0) is 10.7. The van der Waals surface area contributed by atoms with Crippen LogP contribution >= 0.6 is 0 Å². The number of carboxylic acid groups (broad SMARTS) is 1. The Morgan fingerprint density at radius 2 is 1.53 bits per heavy atom. The van der Waals surface area contributed by atoms with E-state index < -0.39 is 5.97 Å². The molecule has 0 aromatic carbocycles. The predicted octanol–water partition coefficient (Wildman–Crippen LogP) is 3.38. The normalized spacial score (nSPS) is 24.9. The van der Waals surface area contributed by atoms with Gasteiger partial charge in [0.25, 0.3) is 0 Å². The Kier molecular flexibility index (Phi) is 3.45. The molecule has 0 heterocycles. The minimum Gasteiger partial charge on any atom is -0.478 e. The number of hydrogen-bond acceptors (Lipinski definition) is 1. The maximum Gasteiger partial charge on any atom is 0.331 e. The van der Waals surface area contributed by atoms with E-state index in [1.165, 1.54) is 38.5 Å². The van der Waals surface area contributed by atoms with Crippen molar-refractivity contribution in [2.45, 2.75) is 51.4 Å². The first-order valence-corrected chi connectivity index (χ1v) is 6.22. The molecule has 2 saturated carbocycles. The first-order valence-electron chi connectivity index (χ1n) is 6.22. The van der Waals surface area contributed by atoms with Gasteiger partial charge in [-0.1, -0.05) is 31.8 Å². The fourth-order valence-electron chi connectivity index (χ4n) is 3.00. The Morgan fingerprint density at radius 1 is 1.00 bits per heavy atom. The predicted molar refractivity (Wildman–Crippen MR) is 59.6 cm³/mol. The minimum absolute atomic E-state index is 0.350. The molecule has 0 bridgehead atoms. The third-order valence-electron chi connectivity index (χ3n) is 3.86. The lowest BCUT2D eigenvalue weighted by molar-refractivity contribution is -0.133. The van der Waals surface area contributed by atoms with E-state index in [-0.39, 0.29) is 0 Å². The number of rotatable bonds is 3. The quantitative estimate of drug-likeness (QED) is 0.722. The molecule has 0 saturated heterocycles. The number of aliphatic carboxylic acids is 1. The smallest absolute Gasteiger partial charge is 0.331 e. The van der Waals surface area contributed by atoms with Crippen molar-refractivity contribution in [3.8, 4) is 0 Å². The van der Waals surface area contributed by atoms with Crippen molar-refractivity contribution in [3.05, 3.63) is 11.6 Å². The van der Waals surface area contributed by atoms with Gasteiger partial charge in [0.1, 0.15) is 0 Å². The van der Waals surface area contributed by atoms with Crippen molar-refractivity contribution < 1.29 is 9.90 Å². The van der Waals surface area contributed by atoms with Gasteiger partial charge in [-0.15, -0.1) is 0 Å². The van der Waals surface area contributed by atoms with E-state index in [9.17, 15) is 9.90 Å². The average Bonchev–Trinajstić information content (AvgIpc) is 2.87. The molecule has 2 aliphatic carbocycles. The van der Waals surface area contributed by atoms with Crippen LogP contribution in [0.3, 0.4) is 0 Å². The van der Waals surface area contributed by atoms with E-state index >= 15 is 0 Å². The summed E-state index contributed by atoms with van der Waals surface area (Å²) in [6.07, 6.45) is 11.6. The SMILES string of the molecule is O=C(O)/C(=C\C1CCCC1)C1CCCC1. The molecule has 2 heteroatoms. The highest BCUT2D eigenvalue weighted by atomic mass is 16.4. The van der Waals surface area contributed by atoms with E-state index in [0.29, 0.717) is 11.8 Å². The molecule has 2 rings (SSSR count). The van der Waals surface area contributed by atoms with Crippen molar-refractivity contribution in [1.82, 2.24) is 0 Å². The van der Waals surface area contributed by atoms with Crippen LogP contribution in [-0.2, 0) is 4.79 Å². The Labute approximate surface area is 91.4 Å². The molecule has 0 amide bonds. The number of carboxylic acids is 1. The van der Waals surface area contributed by atoms with Crippen LogP contribution in [0.2, 0.25) is 0 Å². The second-order valence-electron chi connectivity index (χ2n) is 4.95. The summed E-state index contributed by atoms with van der Waals surface area (Å²) >= 11 is 0. The lowest BCUT2D eigenvalue weighted by Crippen LogP contribution is -2.11. The van der Waals surface area contributed by atoms with Gasteiger partial charge in [-0.2, -0.15) is 0 Å². The summed E-state index contributed by atoms with van der Waals surface area (Å²) in [7, 11) is 0. The first-order chi connectivity index (χ1) is 7.27. The van der Waals surface area contributed by atoms with Crippen LogP contribution in [0.15, 0.2) is 11.6 Å². The van der Waals surface area contributed by atoms with Crippen LogP contribution in [0, 0.1) is 11.8 Å². The number of allylic oxidation sites excluding steroid dienone is 1. The molecular weight excluding hydrogens is 188 g/mol. The van der Waals surface area contributed by atoms with Crippen LogP contribution in [-0.4, -0.2) is 11.1 Å². The highest BCUT2D eigenvalue weighted by Crippen LogP contribution is 2.34. The molecule has 0 aromatic heterocycles. The fourth-order valence-corrected chi connectivity index (χ4v) is 3.00. The molecule has 0 aromatic rings. The van der Waals surface area contributed by atoms with E-state index in [2.05, 4.69) is 6.08 Å². The van der Waals surface area contributed by atoms with Gasteiger partial charge in [0.2, 0.25) is 0 Å². The van der Waals surface area contributed by atoms with E-state index in [0.717, 1.165) is 18.4 Å². The number of carbonyl (C=O) groups is 1. The highest BCUT2D eigenvalue weighted by Gasteiger charge is 2.25. The van der Waals surface area contributed by atoms with Crippen LogP contribution in [0.5, 0.6) is 0 Å². The summed E-state index contributed by atoms with van der Waals surface area (Å²) in [4.78, 5) is 11.2. The summed E-state index contributed by atoms with van der Waals surface area (Å²) in [5.74, 6) is 0.230. The van der Waals surface area contributed by atoms with Crippen molar-refractivity contribution in [3.63, 3.8) is 0 Å². The lowest BCUT2D eigenvalue weighted by atomic mass is 9.93. The topological polar surface area (TPSA) is 37.3 Å². The molecule has 84 valence electrons. The van der Waals surface area contributed by atoms with Gasteiger partial charge in [0.15, 0.2) is 0 Å². The first kappa shape index (κ1) is 10.7. The largest absolute Gasteiger partial charge is 0.478 e. The van der Waals surface area contributed by atoms with Gasteiger partial charge in [0.05, 0.1) is 0 Å². The summed E-state index contributed by atoms with van der Waals surface area (Å²) in [6, 6.07) is 0. The molecule has 0 radical (unpaired) electrons. The molecule has 0 spiro atoms. The highest BCUT2D eigenvalue weighted by molar-refractivity contribution is 5.87. The molecule has 0 unspecified atom stereocenters. The average molecular weight is 208 g/mol. The molecule has 15 heavy (non-hydrogen) atoms. The van der Waals surface area contributed by atoms with Crippen LogP contribution < -0.4 is 0 Å². The summed E-state index contributed by atoms with van der Waals surface area (Å²) < 4.78 is 0. The van der Waals surface area contributed by atoms with Gasteiger partial charge >= 0.3 is 5.97 Å². The molecule has 0 aliphatic heterocycles. The van der Waals surface area contributed by atoms with Crippen LogP contribution in [0.25, 0.3) is 0 Å². The van der Waals surface area contributed by atoms with Gasteiger partial charge in [-0.3, -0.25) is 0 Å². The third kappa shape index (κ3) is 2.61. The monoisotopic (exact) mass is 208 g/mol. The van der Waals surface area contributed by atoms with Crippen LogP contribution in [0.1, 0.15) is 51.4 Å². The Morgan fingerprint density at radius 3 is 2.07 bits per heavy atom. The number of hydrogen-bond donors (Lipinski definition) is 1. The summed E-state index contributed by atoms with van der Waals surface area (Å²) in [5, 5.41) is 9.23. The molecule has 2 fully saturated rings. The Hall–Kier alpha value is -0.790. The molecule has 2 nitrogen and oxygen atoms in total. The van der Waals surface area contributed by atoms with Gasteiger partial charge in [-0.25, -0.2) is 4.79 Å². The second kappa shape index (κ2) is 4.82. The summed E-state index contributed by atoms with van der Waals surface area (Å²) in [6.45, 7) is 0. The van der Waals surface area contributed by atoms with Crippen molar-refractivity contribution in [1.29, 1.82) is 0 Å². The van der Waals surface area contributed by atoms with Gasteiger partial charge < -0.3 is 5.11 Å². The fraction of sp³-hybridized carbons (Fsp3) is 0.769. The lowest BCUT2D eigenvalue weighted by Gasteiger charge is -2.12. The molecule has 2 aliphatic rings. The zero-order valence-electron chi connectivity index (χ0n) is 9.24. The van der Waals surface area contributed by atoms with E-state index in [1.54, 1.807) is 0 Å². The second-order valence-corrected chi connectivity index (χ2v) is 4.95. The minimum atomic E-state index is -0.672. The maximum atomic E-state index is 11.2. The van der Waals surface area contributed by atoms with E-state index in [1.807, 2.05) is 0 Å². The molecular formula is C13H20O2. The molecule has 0 atom stereocenters. The Balaban J connectivity index is 2.06. The van der Waals surface area contributed by atoms with Crippen molar-refractivity contribution >= 4 is 5.97 Å². The van der Waals surface area contributed by atoms with Crippen molar-refractivity contribution in [2.24, 2.45) is 11.8 Å².